The molecule has 0 fully saturated rings. The van der Waals surface area contributed by atoms with Gasteiger partial charge in [0.1, 0.15) is 30.5 Å². The maximum absolute atomic E-state index is 14.8. The van der Waals surface area contributed by atoms with E-state index in [1.54, 1.807) is 75.5 Å². The molecule has 2 aromatic carbocycles. The molecule has 46 heavy (non-hydrogen) atoms. The van der Waals surface area contributed by atoms with E-state index in [4.69, 9.17) is 20.8 Å². The molecule has 2 amide bonds. The van der Waals surface area contributed by atoms with E-state index in [0.29, 0.717) is 5.56 Å². The summed E-state index contributed by atoms with van der Waals surface area (Å²) in [6.45, 7) is 10.1. The highest BCUT2D eigenvalue weighted by atomic mass is 35.5. The maximum Gasteiger partial charge on any atom is 0.412 e. The van der Waals surface area contributed by atoms with Crippen molar-refractivity contribution in [3.8, 4) is 11.3 Å². The predicted octanol–water partition coefficient (Wildman–Crippen LogP) is 7.88. The van der Waals surface area contributed by atoms with E-state index < -0.39 is 62.3 Å². The zero-order valence-corrected chi connectivity index (χ0v) is 28.7. The number of nitrogens with one attached hydrogen (secondary N) is 2. The summed E-state index contributed by atoms with van der Waals surface area (Å²) in [4.78, 5) is 40.3. The lowest BCUT2D eigenvalue weighted by Gasteiger charge is -2.50. The summed E-state index contributed by atoms with van der Waals surface area (Å²) in [6.07, 6.45) is -5.65. The fraction of sp³-hybridized carbons (Fsp3) is 0.424. The topological polar surface area (TPSA) is 98.7 Å². The van der Waals surface area contributed by atoms with Gasteiger partial charge in [-0.05, 0) is 42.3 Å². The molecule has 0 spiro atoms. The minimum atomic E-state index is -4.74. The van der Waals surface area contributed by atoms with Crippen LogP contribution in [0.1, 0.15) is 40.2 Å². The average molecular weight is 679 g/mol. The molecule has 0 aliphatic carbocycles. The number of aromatic nitrogens is 1. The second-order valence-corrected chi connectivity index (χ2v) is 15.0. The van der Waals surface area contributed by atoms with E-state index in [9.17, 15) is 27.6 Å². The molecule has 2 N–H and O–H groups in total. The predicted molar refractivity (Wildman–Crippen MR) is 175 cm³/mol. The van der Waals surface area contributed by atoms with E-state index in [1.165, 1.54) is 32.9 Å². The van der Waals surface area contributed by atoms with Crippen molar-refractivity contribution in [1.29, 1.82) is 0 Å². The van der Waals surface area contributed by atoms with Gasteiger partial charge >= 0.3 is 12.3 Å². The van der Waals surface area contributed by atoms with Crippen LogP contribution >= 0.6 is 11.6 Å². The van der Waals surface area contributed by atoms with E-state index in [2.05, 4.69) is 10.6 Å². The maximum atomic E-state index is 14.8. The molecule has 0 bridgehead atoms. The van der Waals surface area contributed by atoms with Crippen LogP contribution in [0.2, 0.25) is 18.1 Å². The lowest BCUT2D eigenvalue weighted by atomic mass is 9.70. The molecule has 0 aliphatic heterocycles. The largest absolute Gasteiger partial charge is 0.444 e. The molecular formula is C33H40ClF3N3O5Si. The number of anilines is 1. The van der Waals surface area contributed by atoms with Gasteiger partial charge in [-0.2, -0.15) is 13.2 Å². The third kappa shape index (κ3) is 9.01. The molecule has 1 aromatic heterocycles. The van der Waals surface area contributed by atoms with Crippen LogP contribution in [-0.4, -0.2) is 37.5 Å². The molecule has 2 unspecified atom stereocenters. The molecule has 3 aromatic rings. The fourth-order valence-electron chi connectivity index (χ4n) is 5.47. The third-order valence-corrected chi connectivity index (χ3v) is 8.34. The Morgan fingerprint density at radius 3 is 2.11 bits per heavy atom. The number of amides is 2. The zero-order valence-electron chi connectivity index (χ0n) is 26.9. The van der Waals surface area contributed by atoms with E-state index in [1.807, 2.05) is 6.07 Å². The molecule has 0 saturated carbocycles. The number of carbonyl (C=O) groups is 2. The molecule has 0 aliphatic rings. The van der Waals surface area contributed by atoms with Gasteiger partial charge in [-0.25, -0.2) is 4.79 Å². The van der Waals surface area contributed by atoms with E-state index in [-0.39, 0.29) is 23.0 Å². The van der Waals surface area contributed by atoms with Crippen LogP contribution in [0.4, 0.5) is 23.7 Å². The first kappa shape index (κ1) is 36.9. The molecule has 3 rings (SSSR count). The lowest BCUT2D eigenvalue weighted by molar-refractivity contribution is -0.265. The molecular weight excluding hydrogens is 639 g/mol. The number of benzene rings is 2. The highest BCUT2D eigenvalue weighted by molar-refractivity contribution is 6.48. The standard InChI is InChI=1S/C33H40ClF3N3O5Si/c1-21(2)32(45-46(6)7,29(31(3,4)5)33(35,36)37)39-27(41)19-40-26(23-15-11-12-16-24(23)34)18-17-25(28(40)42)38-30(43)44-20-22-13-9-8-10-14-22/h8-18,21,29H,19-20H2,1-7H3,(H,38,43)(H,39,41). The van der Waals surface area contributed by atoms with Crippen molar-refractivity contribution in [3.63, 3.8) is 0 Å². The van der Waals surface area contributed by atoms with Crippen molar-refractivity contribution in [2.75, 3.05) is 5.32 Å². The number of ether oxygens (including phenoxy) is 1. The van der Waals surface area contributed by atoms with Crippen LogP contribution in [0.15, 0.2) is 71.5 Å². The number of alkyl halides is 3. The fourth-order valence-corrected chi connectivity index (χ4v) is 6.78. The van der Waals surface area contributed by atoms with Crippen molar-refractivity contribution < 1.29 is 31.9 Å². The third-order valence-electron chi connectivity index (χ3n) is 7.26. The number of pyridine rings is 1. The van der Waals surface area contributed by atoms with Gasteiger partial charge in [-0.1, -0.05) is 94.8 Å². The van der Waals surface area contributed by atoms with Crippen LogP contribution in [0.5, 0.6) is 0 Å². The second-order valence-electron chi connectivity index (χ2n) is 12.5. The van der Waals surface area contributed by atoms with Gasteiger partial charge in [0.05, 0.1) is 5.69 Å². The first-order valence-corrected chi connectivity index (χ1v) is 17.5. The molecule has 8 nitrogen and oxygen atoms in total. The van der Waals surface area contributed by atoms with Gasteiger partial charge in [-0.15, -0.1) is 0 Å². The normalized spacial score (nSPS) is 14.1. The number of halogens is 4. The Morgan fingerprint density at radius 1 is 0.957 bits per heavy atom. The monoisotopic (exact) mass is 678 g/mol. The Bertz CT molecular complexity index is 1560. The van der Waals surface area contributed by atoms with Gasteiger partial charge in [0.2, 0.25) is 14.9 Å². The van der Waals surface area contributed by atoms with Crippen molar-refractivity contribution in [2.45, 2.75) is 72.8 Å². The van der Waals surface area contributed by atoms with Crippen molar-refractivity contribution in [3.05, 3.63) is 87.7 Å². The average Bonchev–Trinajstić information content (AvgIpc) is 2.93. The van der Waals surface area contributed by atoms with E-state index >= 15 is 0 Å². The Morgan fingerprint density at radius 2 is 1.57 bits per heavy atom. The van der Waals surface area contributed by atoms with Gasteiger partial charge in [-0.3, -0.25) is 19.5 Å². The van der Waals surface area contributed by atoms with Crippen LogP contribution in [0, 0.1) is 17.3 Å². The first-order valence-electron chi connectivity index (χ1n) is 14.7. The van der Waals surface area contributed by atoms with Crippen molar-refractivity contribution in [2.24, 2.45) is 17.3 Å². The number of carbonyl (C=O) groups excluding carboxylic acids is 2. The Hall–Kier alpha value is -3.61. The summed E-state index contributed by atoms with van der Waals surface area (Å²) in [5.41, 5.74) is -3.17. The number of hydrogen-bond acceptors (Lipinski definition) is 5. The van der Waals surface area contributed by atoms with Gasteiger partial charge in [0, 0.05) is 16.5 Å². The van der Waals surface area contributed by atoms with Crippen LogP contribution < -0.4 is 16.2 Å². The summed E-state index contributed by atoms with van der Waals surface area (Å²) < 4.78 is 56.8. The Balaban J connectivity index is 2.06. The van der Waals surface area contributed by atoms with Gasteiger partial charge in [0.15, 0.2) is 0 Å². The van der Waals surface area contributed by atoms with Crippen molar-refractivity contribution in [1.82, 2.24) is 9.88 Å². The summed E-state index contributed by atoms with van der Waals surface area (Å²) >= 11 is 6.44. The number of rotatable bonds is 11. The minimum Gasteiger partial charge on any atom is -0.444 e. The highest BCUT2D eigenvalue weighted by Gasteiger charge is 2.61. The molecule has 1 heterocycles. The zero-order chi connectivity index (χ0) is 34.4. The molecule has 249 valence electrons. The quantitative estimate of drug-likeness (QED) is 0.159. The molecule has 1 radical (unpaired) electrons. The Kier molecular flexibility index (Phi) is 11.9. The lowest BCUT2D eigenvalue weighted by Crippen LogP contribution is -2.67. The van der Waals surface area contributed by atoms with Crippen LogP contribution in [-0.2, 0) is 27.1 Å². The summed E-state index contributed by atoms with van der Waals surface area (Å²) in [5, 5.41) is 5.26. The van der Waals surface area contributed by atoms with E-state index in [0.717, 1.165) is 10.1 Å². The SMILES string of the molecule is CC(C)C(NC(=O)Cn1c(-c2ccccc2Cl)ccc(NC(=O)OCc2ccccc2)c1=O)(O[Si](C)C)C(C(C)(C)C)C(F)(F)F. The molecule has 2 atom stereocenters. The van der Waals surface area contributed by atoms with Gasteiger partial charge < -0.3 is 14.5 Å². The Labute approximate surface area is 274 Å². The number of nitrogens with zero attached hydrogens (tertiary/aromatic N) is 1. The number of hydrogen-bond donors (Lipinski definition) is 2. The molecule has 0 saturated heterocycles. The smallest absolute Gasteiger partial charge is 0.412 e. The van der Waals surface area contributed by atoms with Crippen molar-refractivity contribution >= 4 is 38.3 Å². The summed E-state index contributed by atoms with van der Waals surface area (Å²) in [6, 6.07) is 18.4. The summed E-state index contributed by atoms with van der Waals surface area (Å²) in [5.74, 6) is -3.80. The van der Waals surface area contributed by atoms with Crippen LogP contribution in [0.3, 0.4) is 0 Å². The van der Waals surface area contributed by atoms with Crippen LogP contribution in [0.25, 0.3) is 11.3 Å². The highest BCUT2D eigenvalue weighted by Crippen LogP contribution is 2.49. The van der Waals surface area contributed by atoms with Gasteiger partial charge in [0.25, 0.3) is 5.56 Å². The molecule has 13 heteroatoms. The first-order chi connectivity index (χ1) is 21.4. The second kappa shape index (κ2) is 14.9. The summed E-state index contributed by atoms with van der Waals surface area (Å²) in [7, 11) is -1.79. The minimum absolute atomic E-state index is 0.0509.